The summed E-state index contributed by atoms with van der Waals surface area (Å²) in [6.45, 7) is 17.6. The second-order valence-corrected chi connectivity index (χ2v) is 9.73. The Bertz CT molecular complexity index is 1570. The predicted octanol–water partition coefficient (Wildman–Crippen LogP) is 7.20. The van der Waals surface area contributed by atoms with Crippen LogP contribution in [0.1, 0.15) is 50.9 Å². The summed E-state index contributed by atoms with van der Waals surface area (Å²) in [7, 11) is 0. The van der Waals surface area contributed by atoms with E-state index >= 15 is 0 Å². The third kappa shape index (κ3) is 4.99. The predicted molar refractivity (Wildman–Crippen MR) is 149 cm³/mol. The number of rotatable bonds is 7. The average Bonchev–Trinajstić information content (AvgIpc) is 3.35. The summed E-state index contributed by atoms with van der Waals surface area (Å²) >= 11 is 0. The zero-order valence-electron chi connectivity index (χ0n) is 22.5. The van der Waals surface area contributed by atoms with Gasteiger partial charge in [0, 0.05) is 29.3 Å². The summed E-state index contributed by atoms with van der Waals surface area (Å²) in [5, 5.41) is 9.40. The molecule has 6 nitrogen and oxygen atoms in total. The van der Waals surface area contributed by atoms with Gasteiger partial charge in [0.2, 0.25) is 5.70 Å². The molecule has 0 amide bonds. The molecular weight excluding hydrogens is 474 g/mol. The van der Waals surface area contributed by atoms with Crippen molar-refractivity contribution in [2.24, 2.45) is 0 Å². The summed E-state index contributed by atoms with van der Waals surface area (Å²) in [6.07, 6.45) is 6.99. The monoisotopic (exact) mass is 505 g/mol. The standard InChI is InChI=1S/C32H31N3O3/c1-7-37-28(36)18-13-23-11-14-24(15-12-23)29-22(3)26-10-8-9-19-35(26)27(29)17-16-25-30(34-6)31(21(2)20-33)38-32(25,4)5/h8-12,14-17,19H,7,13,18H2,1-5H3/b17-16+,31-21+. The Hall–Kier alpha value is -4.55. The fourth-order valence-electron chi connectivity index (χ4n) is 4.87. The Morgan fingerprint density at radius 3 is 2.61 bits per heavy atom. The van der Waals surface area contributed by atoms with E-state index in [1.807, 2.05) is 51.3 Å². The van der Waals surface area contributed by atoms with E-state index < -0.39 is 5.60 Å². The Kier molecular flexibility index (Phi) is 7.55. The van der Waals surface area contributed by atoms with Gasteiger partial charge in [-0.3, -0.25) is 4.79 Å². The molecule has 6 heteroatoms. The van der Waals surface area contributed by atoms with Gasteiger partial charge in [0.25, 0.3) is 0 Å². The lowest BCUT2D eigenvalue weighted by Gasteiger charge is -2.22. The first-order valence-corrected chi connectivity index (χ1v) is 12.7. The van der Waals surface area contributed by atoms with Crippen LogP contribution >= 0.6 is 0 Å². The molecule has 0 saturated heterocycles. The number of hydrogen-bond donors (Lipinski definition) is 0. The first-order chi connectivity index (χ1) is 18.2. The van der Waals surface area contributed by atoms with Crippen molar-refractivity contribution >= 4 is 17.6 Å². The topological polar surface area (TPSA) is 68.1 Å². The Balaban J connectivity index is 1.79. The maximum Gasteiger partial charge on any atom is 0.306 e. The minimum Gasteiger partial charge on any atom is -0.494 e. The SMILES string of the molecule is [C-]#[N+]C1=C(/C=C/c2c(-c3ccc(CCC(=O)OCC)cc3)c(C)c3ccccn23)C(C)(C)O/C1=C(\C)C#N. The molecule has 0 unspecified atom stereocenters. The summed E-state index contributed by atoms with van der Waals surface area (Å²) in [6, 6.07) is 16.5. The number of carbonyl (C=O) groups is 1. The van der Waals surface area contributed by atoms with Crippen molar-refractivity contribution in [1.82, 2.24) is 4.40 Å². The van der Waals surface area contributed by atoms with E-state index in [1.54, 1.807) is 6.92 Å². The second-order valence-electron chi connectivity index (χ2n) is 9.73. The largest absolute Gasteiger partial charge is 0.494 e. The van der Waals surface area contributed by atoms with E-state index in [9.17, 15) is 10.1 Å². The van der Waals surface area contributed by atoms with Crippen LogP contribution in [-0.4, -0.2) is 22.6 Å². The van der Waals surface area contributed by atoms with Gasteiger partial charge < -0.3 is 13.9 Å². The smallest absolute Gasteiger partial charge is 0.306 e. The zero-order valence-corrected chi connectivity index (χ0v) is 22.5. The fraction of sp³-hybridized carbons (Fsp3) is 0.281. The fourth-order valence-corrected chi connectivity index (χ4v) is 4.87. The molecule has 0 atom stereocenters. The van der Waals surface area contributed by atoms with Crippen LogP contribution in [0.15, 0.2) is 77.3 Å². The van der Waals surface area contributed by atoms with Gasteiger partial charge in [-0.1, -0.05) is 36.4 Å². The van der Waals surface area contributed by atoms with E-state index in [1.165, 1.54) is 0 Å². The number of aromatic nitrogens is 1. The maximum atomic E-state index is 11.8. The lowest BCUT2D eigenvalue weighted by Crippen LogP contribution is -2.20. The number of allylic oxidation sites excluding steroid dienone is 1. The minimum atomic E-state index is -0.743. The summed E-state index contributed by atoms with van der Waals surface area (Å²) in [5.41, 5.74) is 7.21. The van der Waals surface area contributed by atoms with Crippen LogP contribution in [0.25, 0.3) is 27.6 Å². The highest BCUT2D eigenvalue weighted by molar-refractivity contribution is 5.85. The highest BCUT2D eigenvalue weighted by atomic mass is 16.5. The van der Waals surface area contributed by atoms with Gasteiger partial charge in [-0.2, -0.15) is 5.26 Å². The lowest BCUT2D eigenvalue weighted by atomic mass is 9.95. The summed E-state index contributed by atoms with van der Waals surface area (Å²) in [4.78, 5) is 15.5. The van der Waals surface area contributed by atoms with Crippen LogP contribution in [0, 0.1) is 24.8 Å². The Morgan fingerprint density at radius 1 is 1.21 bits per heavy atom. The molecule has 0 spiro atoms. The van der Waals surface area contributed by atoms with Crippen molar-refractivity contribution in [2.45, 2.75) is 53.1 Å². The number of aryl methyl sites for hydroxylation is 2. The van der Waals surface area contributed by atoms with E-state index in [0.717, 1.165) is 39.0 Å². The minimum absolute atomic E-state index is 0.187. The number of ether oxygens (including phenoxy) is 2. The molecule has 0 bridgehead atoms. The molecule has 3 heterocycles. The third-order valence-electron chi connectivity index (χ3n) is 6.80. The quantitative estimate of drug-likeness (QED) is 0.193. The van der Waals surface area contributed by atoms with E-state index in [4.69, 9.17) is 16.0 Å². The maximum absolute atomic E-state index is 11.8. The number of pyridine rings is 1. The number of nitrogens with zero attached hydrogens (tertiary/aromatic N) is 3. The van der Waals surface area contributed by atoms with Crippen LogP contribution < -0.4 is 0 Å². The number of esters is 1. The van der Waals surface area contributed by atoms with Gasteiger partial charge in [0.05, 0.1) is 30.5 Å². The first kappa shape index (κ1) is 26.5. The van der Waals surface area contributed by atoms with Gasteiger partial charge in [0.15, 0.2) is 0 Å². The van der Waals surface area contributed by atoms with Gasteiger partial charge in [0.1, 0.15) is 11.4 Å². The molecular formula is C32H31N3O3. The highest BCUT2D eigenvalue weighted by Gasteiger charge is 2.38. The van der Waals surface area contributed by atoms with Crippen LogP contribution in [0.2, 0.25) is 0 Å². The van der Waals surface area contributed by atoms with E-state index in [2.05, 4.69) is 52.6 Å². The Morgan fingerprint density at radius 2 is 1.95 bits per heavy atom. The zero-order chi connectivity index (χ0) is 27.4. The molecule has 4 rings (SSSR count). The first-order valence-electron chi connectivity index (χ1n) is 12.7. The number of nitriles is 1. The normalized spacial score (nSPS) is 15.9. The van der Waals surface area contributed by atoms with Crippen molar-refractivity contribution in [3.8, 4) is 17.2 Å². The molecule has 1 aliphatic heterocycles. The van der Waals surface area contributed by atoms with E-state index in [0.29, 0.717) is 36.5 Å². The van der Waals surface area contributed by atoms with Gasteiger partial charge in [-0.25, -0.2) is 4.85 Å². The molecule has 38 heavy (non-hydrogen) atoms. The van der Waals surface area contributed by atoms with Crippen molar-refractivity contribution in [1.29, 1.82) is 5.26 Å². The van der Waals surface area contributed by atoms with Crippen LogP contribution in [-0.2, 0) is 20.7 Å². The molecule has 3 aromatic rings. The van der Waals surface area contributed by atoms with Crippen molar-refractivity contribution in [3.05, 3.63) is 106 Å². The van der Waals surface area contributed by atoms with Gasteiger partial charge in [-0.15, -0.1) is 0 Å². The van der Waals surface area contributed by atoms with Crippen LogP contribution in [0.4, 0.5) is 0 Å². The number of benzene rings is 1. The third-order valence-corrected chi connectivity index (χ3v) is 6.80. The van der Waals surface area contributed by atoms with Crippen LogP contribution in [0.5, 0.6) is 0 Å². The molecule has 2 aromatic heterocycles. The van der Waals surface area contributed by atoms with Gasteiger partial charge >= 0.3 is 5.97 Å². The number of fused-ring (bicyclic) bond motifs is 1. The van der Waals surface area contributed by atoms with Crippen LogP contribution in [0.3, 0.4) is 0 Å². The van der Waals surface area contributed by atoms with Crippen molar-refractivity contribution in [2.75, 3.05) is 6.61 Å². The highest BCUT2D eigenvalue weighted by Crippen LogP contribution is 2.42. The number of hydrogen-bond acceptors (Lipinski definition) is 4. The van der Waals surface area contributed by atoms with Gasteiger partial charge in [-0.05, 0) is 75.9 Å². The summed E-state index contributed by atoms with van der Waals surface area (Å²) < 4.78 is 13.3. The molecule has 0 N–H and O–H groups in total. The van der Waals surface area contributed by atoms with Crippen molar-refractivity contribution in [3.63, 3.8) is 0 Å². The number of carbonyl (C=O) groups excluding carboxylic acids is 1. The van der Waals surface area contributed by atoms with Crippen molar-refractivity contribution < 1.29 is 14.3 Å². The Labute approximate surface area is 223 Å². The molecule has 0 aliphatic carbocycles. The molecule has 0 saturated carbocycles. The summed E-state index contributed by atoms with van der Waals surface area (Å²) in [5.74, 6) is 0.162. The molecule has 1 aromatic carbocycles. The average molecular weight is 506 g/mol. The lowest BCUT2D eigenvalue weighted by molar-refractivity contribution is -0.143. The van der Waals surface area contributed by atoms with E-state index in [-0.39, 0.29) is 5.97 Å². The molecule has 192 valence electrons. The molecule has 0 radical (unpaired) electrons. The molecule has 0 fully saturated rings. The molecule has 1 aliphatic rings. The second kappa shape index (κ2) is 10.8.